The fourth-order valence-electron chi connectivity index (χ4n) is 8.27. The van der Waals surface area contributed by atoms with Crippen LogP contribution in [0.2, 0.25) is 0 Å². The first-order valence-electron chi connectivity index (χ1n) is 15.6. The van der Waals surface area contributed by atoms with Crippen molar-refractivity contribution in [3.63, 3.8) is 0 Å². The molecule has 7 rings (SSSR count). The summed E-state index contributed by atoms with van der Waals surface area (Å²) in [7, 11) is -6.25. The molecule has 11 nitrogen and oxygen atoms in total. The Kier molecular flexibility index (Phi) is 8.33. The van der Waals surface area contributed by atoms with Crippen LogP contribution in [-0.2, 0) is 28.7 Å². The number of benzene rings is 2. The Morgan fingerprint density at radius 1 is 1.04 bits per heavy atom. The highest BCUT2D eigenvalue weighted by Crippen LogP contribution is 2.61. The normalized spacial score (nSPS) is 26.0. The van der Waals surface area contributed by atoms with Crippen LogP contribution in [0.4, 0.5) is 8.78 Å². The molecule has 2 aromatic carbocycles. The number of ether oxygens (including phenoxy) is 2. The van der Waals surface area contributed by atoms with Crippen LogP contribution >= 0.6 is 0 Å². The number of imide groups is 1. The third-order valence-corrected chi connectivity index (χ3v) is 11.0. The van der Waals surface area contributed by atoms with E-state index in [2.05, 4.69) is 4.28 Å². The Hall–Kier alpha value is -3.65. The number of hydroxylamine groups is 2. The molecule has 2 aromatic rings. The van der Waals surface area contributed by atoms with Gasteiger partial charge < -0.3 is 14.6 Å². The summed E-state index contributed by atoms with van der Waals surface area (Å²) in [5, 5.41) is 4.33. The second-order valence-electron chi connectivity index (χ2n) is 13.2. The number of hydrogen-bond donors (Lipinski definition) is 1. The van der Waals surface area contributed by atoms with Crippen molar-refractivity contribution < 1.29 is 55.2 Å². The second-order valence-corrected chi connectivity index (χ2v) is 14.8. The third-order valence-electron chi connectivity index (χ3n) is 9.91. The van der Waals surface area contributed by atoms with E-state index in [-0.39, 0.29) is 44.5 Å². The first kappa shape index (κ1) is 32.3. The van der Waals surface area contributed by atoms with Crippen LogP contribution < -0.4 is 4.74 Å². The Morgan fingerprint density at radius 3 is 2.28 bits per heavy atom. The maximum atomic E-state index is 15.1. The zero-order chi connectivity index (χ0) is 33.0. The van der Waals surface area contributed by atoms with Gasteiger partial charge in [0, 0.05) is 5.39 Å². The molecule has 4 fully saturated rings. The number of carboxylic acids is 1. The van der Waals surface area contributed by atoms with Gasteiger partial charge in [0.2, 0.25) is 0 Å². The lowest BCUT2D eigenvalue weighted by Gasteiger charge is -2.57. The highest BCUT2D eigenvalue weighted by Gasteiger charge is 2.59. The maximum Gasteiger partial charge on any atom is 0.467 e. The lowest BCUT2D eigenvalue weighted by molar-refractivity contribution is -0.164. The van der Waals surface area contributed by atoms with Gasteiger partial charge in [0.25, 0.3) is 11.8 Å². The Balaban J connectivity index is 1.18. The Labute approximate surface area is 264 Å². The molecular formula is C32H35F2NO10S. The van der Waals surface area contributed by atoms with E-state index in [4.69, 9.17) is 9.47 Å². The SMILES string of the molecule is CCCCC(Oc1cc2c3c(cccc3c1)C(=O)N(OS(=O)(=O)C(F)(F)C(=O)OCCC13CC4CC(CC(C4)C1)C3)C2=O)C(=O)O. The lowest BCUT2D eigenvalue weighted by Crippen LogP contribution is -2.48. The number of rotatable bonds is 13. The molecule has 14 heteroatoms. The largest absolute Gasteiger partial charge is 0.479 e. The molecule has 1 heterocycles. The van der Waals surface area contributed by atoms with Crippen LogP contribution in [0.15, 0.2) is 30.3 Å². The fourth-order valence-corrected chi connectivity index (χ4v) is 8.96. The summed E-state index contributed by atoms with van der Waals surface area (Å²) in [6.45, 7) is 1.47. The molecular weight excluding hydrogens is 628 g/mol. The molecule has 4 aliphatic carbocycles. The number of unbranched alkanes of at least 4 members (excludes halogenated alkanes) is 1. The van der Waals surface area contributed by atoms with Crippen molar-refractivity contribution in [3.05, 3.63) is 41.5 Å². The average molecular weight is 664 g/mol. The molecule has 1 aliphatic heterocycles. The van der Waals surface area contributed by atoms with Crippen LogP contribution in [0.1, 0.15) is 91.8 Å². The second kappa shape index (κ2) is 11.9. The Bertz CT molecular complexity index is 1670. The van der Waals surface area contributed by atoms with Crippen LogP contribution in [0.5, 0.6) is 5.75 Å². The van der Waals surface area contributed by atoms with E-state index in [9.17, 15) is 32.7 Å². The van der Waals surface area contributed by atoms with Gasteiger partial charge in [-0.15, -0.1) is 9.35 Å². The zero-order valence-electron chi connectivity index (χ0n) is 25.2. The van der Waals surface area contributed by atoms with Crippen molar-refractivity contribution in [1.82, 2.24) is 5.06 Å². The van der Waals surface area contributed by atoms with Gasteiger partial charge in [-0.3, -0.25) is 9.59 Å². The molecule has 0 aromatic heterocycles. The first-order valence-corrected chi connectivity index (χ1v) is 17.0. The van der Waals surface area contributed by atoms with Crippen LogP contribution in [0, 0.1) is 23.2 Å². The van der Waals surface area contributed by atoms with Crippen molar-refractivity contribution in [1.29, 1.82) is 0 Å². The van der Waals surface area contributed by atoms with Crippen molar-refractivity contribution >= 4 is 44.6 Å². The molecule has 5 aliphatic rings. The van der Waals surface area contributed by atoms with Crippen molar-refractivity contribution in [2.75, 3.05) is 6.61 Å². The minimum atomic E-state index is -6.25. The number of nitrogens with zero attached hydrogens (tertiary/aromatic N) is 1. The zero-order valence-corrected chi connectivity index (χ0v) is 26.0. The van der Waals surface area contributed by atoms with E-state index in [0.717, 1.165) is 44.6 Å². The predicted octanol–water partition coefficient (Wildman–Crippen LogP) is 5.46. The summed E-state index contributed by atoms with van der Waals surface area (Å²) in [5.41, 5.74) is -0.695. The van der Waals surface area contributed by atoms with Gasteiger partial charge in [-0.25, -0.2) is 9.59 Å². The standard InChI is InChI=1S/C32H35F2NO10S/c1-2-3-7-25(29(38)39)44-22-13-21-5-4-6-23-26(21)24(14-22)28(37)35(27(23)36)45-46(41,42)32(33,34)30(40)43-9-8-31-15-18-10-19(16-31)12-20(11-18)17-31/h4-6,13-14,18-20,25H,2-3,7-12,15-17H2,1H3,(H,38,39). The minimum Gasteiger partial charge on any atom is -0.479 e. The van der Waals surface area contributed by atoms with E-state index >= 15 is 8.78 Å². The smallest absolute Gasteiger partial charge is 0.467 e. The summed E-state index contributed by atoms with van der Waals surface area (Å²) in [4.78, 5) is 50.7. The van der Waals surface area contributed by atoms with E-state index in [1.807, 2.05) is 6.92 Å². The number of alkyl halides is 2. The Morgan fingerprint density at radius 2 is 1.67 bits per heavy atom. The quantitative estimate of drug-likeness (QED) is 0.216. The minimum absolute atomic E-state index is 0.0679. The van der Waals surface area contributed by atoms with Gasteiger partial charge in [0.1, 0.15) is 5.75 Å². The van der Waals surface area contributed by atoms with E-state index in [1.54, 1.807) is 0 Å². The molecule has 0 spiro atoms. The molecule has 1 atom stereocenters. The third kappa shape index (κ3) is 5.74. The topological polar surface area (TPSA) is 154 Å². The van der Waals surface area contributed by atoms with Crippen molar-refractivity contribution in [2.45, 2.75) is 82.5 Å². The number of carbonyl (C=O) groups excluding carboxylic acids is 3. The average Bonchev–Trinajstić information content (AvgIpc) is 2.98. The number of carbonyl (C=O) groups is 4. The molecule has 0 radical (unpaired) electrons. The number of hydrogen-bond acceptors (Lipinski definition) is 9. The van der Waals surface area contributed by atoms with E-state index < -0.39 is 51.8 Å². The van der Waals surface area contributed by atoms with Gasteiger partial charge >= 0.3 is 27.3 Å². The summed E-state index contributed by atoms with van der Waals surface area (Å²) in [6.07, 6.45) is 6.75. The van der Waals surface area contributed by atoms with Gasteiger partial charge in [-0.1, -0.05) is 25.5 Å². The molecule has 4 saturated carbocycles. The predicted molar refractivity (Wildman–Crippen MR) is 157 cm³/mol. The van der Waals surface area contributed by atoms with Crippen molar-refractivity contribution in [3.8, 4) is 5.75 Å². The van der Waals surface area contributed by atoms with E-state index in [1.165, 1.54) is 24.3 Å². The van der Waals surface area contributed by atoms with Crippen LogP contribution in [-0.4, -0.2) is 60.3 Å². The van der Waals surface area contributed by atoms with Gasteiger partial charge in [-0.05, 0) is 105 Å². The lowest BCUT2D eigenvalue weighted by atomic mass is 9.49. The summed E-state index contributed by atoms with van der Waals surface area (Å²) >= 11 is 0. The summed E-state index contributed by atoms with van der Waals surface area (Å²) in [5.74, 6) is -4.73. The summed E-state index contributed by atoms with van der Waals surface area (Å²) in [6, 6.07) is 6.64. The van der Waals surface area contributed by atoms with E-state index in [0.29, 0.717) is 37.0 Å². The molecule has 2 amide bonds. The van der Waals surface area contributed by atoms with Gasteiger partial charge in [0.05, 0.1) is 17.7 Å². The van der Waals surface area contributed by atoms with Gasteiger partial charge in [0.15, 0.2) is 6.10 Å². The molecule has 1 unspecified atom stereocenters. The highest BCUT2D eigenvalue weighted by atomic mass is 32.2. The molecule has 46 heavy (non-hydrogen) atoms. The number of carboxylic acid groups (broad SMARTS) is 1. The molecule has 1 N–H and O–H groups in total. The first-order chi connectivity index (χ1) is 21.7. The maximum absolute atomic E-state index is 15.1. The van der Waals surface area contributed by atoms with Crippen LogP contribution in [0.3, 0.4) is 0 Å². The monoisotopic (exact) mass is 663 g/mol. The highest BCUT2D eigenvalue weighted by molar-refractivity contribution is 7.88. The number of halogens is 2. The summed E-state index contributed by atoms with van der Waals surface area (Å²) < 4.78 is 70.5. The number of esters is 1. The van der Waals surface area contributed by atoms with Crippen LogP contribution in [0.25, 0.3) is 10.8 Å². The number of aliphatic carboxylic acids is 1. The molecule has 248 valence electrons. The molecule has 0 saturated heterocycles. The fraction of sp³-hybridized carbons (Fsp3) is 0.562. The van der Waals surface area contributed by atoms with Gasteiger partial charge in [-0.2, -0.15) is 17.2 Å². The number of amides is 2. The van der Waals surface area contributed by atoms with Crippen molar-refractivity contribution in [2.24, 2.45) is 23.2 Å². The molecule has 4 bridgehead atoms.